The second kappa shape index (κ2) is 7.57. The normalized spacial score (nSPS) is 16.6. The Hall–Kier alpha value is -2.54. The van der Waals surface area contributed by atoms with Gasteiger partial charge in [-0.15, -0.1) is 0 Å². The summed E-state index contributed by atoms with van der Waals surface area (Å²) in [5, 5.41) is 0.487. The number of methoxy groups -OCH3 is 2. The van der Waals surface area contributed by atoms with Crippen LogP contribution in [0.2, 0.25) is 5.02 Å². The molecular formula is C17H18ClN3O4. The maximum absolute atomic E-state index is 12.8. The summed E-state index contributed by atoms with van der Waals surface area (Å²) in [4.78, 5) is 22.7. The monoisotopic (exact) mass is 363 g/mol. The maximum Gasteiger partial charge on any atom is 0.278 e. The van der Waals surface area contributed by atoms with E-state index >= 15 is 0 Å². The molecule has 1 fully saturated rings. The third-order valence-corrected chi connectivity index (χ3v) is 4.16. The number of benzene rings is 1. The fourth-order valence-corrected chi connectivity index (χ4v) is 2.89. The minimum atomic E-state index is -0.181. The summed E-state index contributed by atoms with van der Waals surface area (Å²) in [5.41, 5.74) is 0.438. The van der Waals surface area contributed by atoms with Crippen molar-refractivity contribution >= 4 is 17.5 Å². The fourth-order valence-electron chi connectivity index (χ4n) is 2.72. The standard InChI is InChI=1S/C17H18ClN3O4/c1-23-14-4-3-11(18)9-13(14)17(22)21-8-5-12(10-21)25-16-15(24-2)19-6-7-20-16/h3-4,6-7,9,12H,5,8,10H2,1-2H3/t12-/m0/s1. The van der Waals surface area contributed by atoms with E-state index < -0.39 is 0 Å². The van der Waals surface area contributed by atoms with Crippen LogP contribution in [0.3, 0.4) is 0 Å². The predicted octanol–water partition coefficient (Wildman–Crippen LogP) is 2.44. The summed E-state index contributed by atoms with van der Waals surface area (Å²) < 4.78 is 16.2. The molecule has 0 saturated carbocycles. The van der Waals surface area contributed by atoms with E-state index in [1.54, 1.807) is 23.1 Å². The Morgan fingerprint density at radius 3 is 2.68 bits per heavy atom. The molecular weight excluding hydrogens is 346 g/mol. The van der Waals surface area contributed by atoms with Crippen molar-refractivity contribution in [1.82, 2.24) is 14.9 Å². The quantitative estimate of drug-likeness (QED) is 0.812. The van der Waals surface area contributed by atoms with Gasteiger partial charge in [-0.2, -0.15) is 0 Å². The van der Waals surface area contributed by atoms with Gasteiger partial charge in [-0.25, -0.2) is 9.97 Å². The van der Waals surface area contributed by atoms with E-state index in [-0.39, 0.29) is 12.0 Å². The number of likely N-dealkylation sites (tertiary alicyclic amines) is 1. The molecule has 0 unspecified atom stereocenters. The third kappa shape index (κ3) is 3.76. The summed E-state index contributed by atoms with van der Waals surface area (Å²) in [5.74, 6) is 0.999. The van der Waals surface area contributed by atoms with Gasteiger partial charge in [0.2, 0.25) is 0 Å². The lowest BCUT2D eigenvalue weighted by molar-refractivity contribution is 0.0767. The molecule has 1 amide bonds. The van der Waals surface area contributed by atoms with Crippen LogP contribution in [-0.4, -0.2) is 54.2 Å². The third-order valence-electron chi connectivity index (χ3n) is 3.93. The molecule has 2 aromatic rings. The fraction of sp³-hybridized carbons (Fsp3) is 0.353. The van der Waals surface area contributed by atoms with Crippen LogP contribution in [0.15, 0.2) is 30.6 Å². The molecule has 8 heteroatoms. The number of aromatic nitrogens is 2. The molecule has 0 radical (unpaired) electrons. The number of rotatable bonds is 5. The Kier molecular flexibility index (Phi) is 5.23. The average molecular weight is 364 g/mol. The van der Waals surface area contributed by atoms with Crippen LogP contribution in [0.4, 0.5) is 0 Å². The van der Waals surface area contributed by atoms with Crippen LogP contribution in [0.25, 0.3) is 0 Å². The van der Waals surface area contributed by atoms with Gasteiger partial charge in [0.15, 0.2) is 0 Å². The molecule has 1 aromatic carbocycles. The summed E-state index contributed by atoms with van der Waals surface area (Å²) in [6, 6.07) is 4.99. The van der Waals surface area contributed by atoms with Gasteiger partial charge in [0.05, 0.1) is 26.3 Å². The Bertz CT molecular complexity index is 771. The average Bonchev–Trinajstić information content (AvgIpc) is 3.10. The number of carbonyl (C=O) groups is 1. The maximum atomic E-state index is 12.8. The molecule has 0 bridgehead atoms. The highest BCUT2D eigenvalue weighted by molar-refractivity contribution is 6.31. The molecule has 25 heavy (non-hydrogen) atoms. The van der Waals surface area contributed by atoms with E-state index in [1.807, 2.05) is 0 Å². The predicted molar refractivity (Wildman–Crippen MR) is 91.5 cm³/mol. The van der Waals surface area contributed by atoms with E-state index in [0.29, 0.717) is 47.6 Å². The van der Waals surface area contributed by atoms with Crippen LogP contribution in [0.5, 0.6) is 17.5 Å². The molecule has 132 valence electrons. The Morgan fingerprint density at radius 2 is 1.96 bits per heavy atom. The Balaban J connectivity index is 1.70. The minimum Gasteiger partial charge on any atom is -0.496 e. The molecule has 0 N–H and O–H groups in total. The molecule has 7 nitrogen and oxygen atoms in total. The van der Waals surface area contributed by atoms with Crippen LogP contribution in [0, 0.1) is 0 Å². The second-order valence-corrected chi connectivity index (χ2v) is 5.93. The van der Waals surface area contributed by atoms with Crippen molar-refractivity contribution in [3.05, 3.63) is 41.2 Å². The highest BCUT2D eigenvalue weighted by Gasteiger charge is 2.30. The first-order valence-electron chi connectivity index (χ1n) is 7.77. The zero-order valence-electron chi connectivity index (χ0n) is 13.9. The molecule has 1 aliphatic heterocycles. The number of nitrogens with zero attached hydrogens (tertiary/aromatic N) is 3. The highest BCUT2D eigenvalue weighted by atomic mass is 35.5. The number of amides is 1. The summed E-state index contributed by atoms with van der Waals surface area (Å²) in [7, 11) is 3.03. The molecule has 1 atom stereocenters. The van der Waals surface area contributed by atoms with Gasteiger partial charge in [0.1, 0.15) is 11.9 Å². The van der Waals surface area contributed by atoms with Crippen molar-refractivity contribution in [1.29, 1.82) is 0 Å². The second-order valence-electron chi connectivity index (χ2n) is 5.50. The van der Waals surface area contributed by atoms with Gasteiger partial charge in [-0.3, -0.25) is 4.79 Å². The smallest absolute Gasteiger partial charge is 0.278 e. The van der Waals surface area contributed by atoms with Gasteiger partial charge in [-0.05, 0) is 18.2 Å². The van der Waals surface area contributed by atoms with Crippen molar-refractivity contribution in [3.8, 4) is 17.5 Å². The van der Waals surface area contributed by atoms with E-state index in [1.165, 1.54) is 26.6 Å². The van der Waals surface area contributed by atoms with Crippen LogP contribution < -0.4 is 14.2 Å². The molecule has 2 heterocycles. The van der Waals surface area contributed by atoms with Gasteiger partial charge >= 0.3 is 0 Å². The number of hydrogen-bond acceptors (Lipinski definition) is 6. The number of carbonyl (C=O) groups excluding carboxylic acids is 1. The number of halogens is 1. The SMILES string of the molecule is COc1ccc(Cl)cc1C(=O)N1CC[C@H](Oc2nccnc2OC)C1. The van der Waals surface area contributed by atoms with Crippen LogP contribution in [0.1, 0.15) is 16.8 Å². The van der Waals surface area contributed by atoms with Crippen molar-refractivity contribution in [2.24, 2.45) is 0 Å². The van der Waals surface area contributed by atoms with Gasteiger partial charge in [-0.1, -0.05) is 11.6 Å². The topological polar surface area (TPSA) is 73.8 Å². The zero-order valence-corrected chi connectivity index (χ0v) is 14.7. The molecule has 0 spiro atoms. The van der Waals surface area contributed by atoms with Gasteiger partial charge in [0, 0.05) is 30.4 Å². The summed E-state index contributed by atoms with van der Waals surface area (Å²) in [6.45, 7) is 1.01. The summed E-state index contributed by atoms with van der Waals surface area (Å²) in [6.07, 6.45) is 3.57. The first kappa shape index (κ1) is 17.3. The molecule has 3 rings (SSSR count). The highest BCUT2D eigenvalue weighted by Crippen LogP contribution is 2.27. The Labute approximate surface area is 150 Å². The van der Waals surface area contributed by atoms with E-state index in [9.17, 15) is 4.79 Å². The van der Waals surface area contributed by atoms with Crippen molar-refractivity contribution < 1.29 is 19.0 Å². The molecule has 0 aliphatic carbocycles. The lowest BCUT2D eigenvalue weighted by Gasteiger charge is -2.18. The molecule has 1 saturated heterocycles. The first-order chi connectivity index (χ1) is 12.1. The lowest BCUT2D eigenvalue weighted by atomic mass is 10.1. The van der Waals surface area contributed by atoms with Crippen molar-refractivity contribution in [2.45, 2.75) is 12.5 Å². The molecule has 1 aliphatic rings. The van der Waals surface area contributed by atoms with Gasteiger partial charge < -0.3 is 19.1 Å². The van der Waals surface area contributed by atoms with Gasteiger partial charge in [0.25, 0.3) is 17.7 Å². The largest absolute Gasteiger partial charge is 0.496 e. The lowest BCUT2D eigenvalue weighted by Crippen LogP contribution is -2.31. The van der Waals surface area contributed by atoms with E-state index in [0.717, 1.165) is 0 Å². The van der Waals surface area contributed by atoms with Crippen molar-refractivity contribution in [2.75, 3.05) is 27.3 Å². The first-order valence-corrected chi connectivity index (χ1v) is 8.14. The van der Waals surface area contributed by atoms with E-state index in [4.69, 9.17) is 25.8 Å². The minimum absolute atomic E-state index is 0.142. The molecule has 1 aromatic heterocycles. The van der Waals surface area contributed by atoms with E-state index in [2.05, 4.69) is 9.97 Å². The van der Waals surface area contributed by atoms with Crippen molar-refractivity contribution in [3.63, 3.8) is 0 Å². The summed E-state index contributed by atoms with van der Waals surface area (Å²) >= 11 is 6.01. The number of hydrogen-bond donors (Lipinski definition) is 0. The Morgan fingerprint density at radius 1 is 1.20 bits per heavy atom. The van der Waals surface area contributed by atoms with Crippen LogP contribution >= 0.6 is 11.6 Å². The van der Waals surface area contributed by atoms with Crippen LogP contribution in [-0.2, 0) is 0 Å². The number of ether oxygens (including phenoxy) is 3. The zero-order chi connectivity index (χ0) is 17.8.